The number of ketones is 1. The topological polar surface area (TPSA) is 26.3 Å². The molecule has 1 heterocycles. The first-order valence-corrected chi connectivity index (χ1v) is 7.91. The summed E-state index contributed by atoms with van der Waals surface area (Å²) in [6.07, 6.45) is 2.79. The second-order valence-corrected chi connectivity index (χ2v) is 5.85. The molecular formula is C13H15BrO2S. The van der Waals surface area contributed by atoms with Crippen molar-refractivity contribution in [2.75, 3.05) is 17.7 Å². The van der Waals surface area contributed by atoms with Crippen molar-refractivity contribution in [2.24, 2.45) is 0 Å². The lowest BCUT2D eigenvalue weighted by Crippen LogP contribution is -2.08. The van der Waals surface area contributed by atoms with Crippen molar-refractivity contribution < 1.29 is 9.53 Å². The number of fused-ring (bicyclic) bond motifs is 1. The zero-order valence-electron chi connectivity index (χ0n) is 9.58. The summed E-state index contributed by atoms with van der Waals surface area (Å²) in [4.78, 5) is 12.8. The summed E-state index contributed by atoms with van der Waals surface area (Å²) in [5, 5.41) is 1.01. The molecule has 1 aromatic carbocycles. The van der Waals surface area contributed by atoms with E-state index in [2.05, 4.69) is 15.9 Å². The molecule has 0 saturated carbocycles. The molecule has 0 aromatic heterocycles. The molecule has 0 bridgehead atoms. The molecule has 0 atom stereocenters. The smallest absolute Gasteiger partial charge is 0.164 e. The van der Waals surface area contributed by atoms with Gasteiger partial charge in [-0.3, -0.25) is 4.79 Å². The Kier molecular flexibility index (Phi) is 4.92. The maximum Gasteiger partial charge on any atom is 0.164 e. The zero-order valence-corrected chi connectivity index (χ0v) is 12.0. The largest absolute Gasteiger partial charge is 0.494 e. The third-order valence-corrected chi connectivity index (χ3v) is 4.27. The first-order chi connectivity index (χ1) is 8.31. The first-order valence-electron chi connectivity index (χ1n) is 5.80. The summed E-state index contributed by atoms with van der Waals surface area (Å²) in [7, 11) is 0. The number of thioether (sulfide) groups is 1. The van der Waals surface area contributed by atoms with Crippen LogP contribution in [0.4, 0.5) is 0 Å². The van der Waals surface area contributed by atoms with Crippen molar-refractivity contribution in [2.45, 2.75) is 24.2 Å². The number of benzene rings is 1. The van der Waals surface area contributed by atoms with Crippen molar-refractivity contribution in [1.82, 2.24) is 0 Å². The van der Waals surface area contributed by atoms with Crippen LogP contribution in [0.25, 0.3) is 0 Å². The Morgan fingerprint density at radius 3 is 3.06 bits per heavy atom. The Bertz CT molecular complexity index is 406. The molecular weight excluding hydrogens is 300 g/mol. The Morgan fingerprint density at radius 1 is 1.35 bits per heavy atom. The van der Waals surface area contributed by atoms with Crippen LogP contribution in [0.5, 0.6) is 5.75 Å². The highest BCUT2D eigenvalue weighted by Crippen LogP contribution is 2.32. The van der Waals surface area contributed by atoms with Gasteiger partial charge in [-0.1, -0.05) is 15.9 Å². The number of ether oxygens (including phenoxy) is 1. The molecule has 2 nitrogen and oxygen atoms in total. The van der Waals surface area contributed by atoms with Gasteiger partial charge in [-0.05, 0) is 31.0 Å². The van der Waals surface area contributed by atoms with Gasteiger partial charge in [-0.2, -0.15) is 0 Å². The fourth-order valence-corrected chi connectivity index (χ4v) is 3.11. The number of carbonyl (C=O) groups excluding carboxylic acids is 1. The van der Waals surface area contributed by atoms with E-state index in [4.69, 9.17) is 4.74 Å². The van der Waals surface area contributed by atoms with E-state index in [1.54, 1.807) is 11.8 Å². The number of rotatable bonds is 5. The van der Waals surface area contributed by atoms with Crippen molar-refractivity contribution in [3.8, 4) is 5.75 Å². The molecule has 0 fully saturated rings. The average Bonchev–Trinajstić information content (AvgIpc) is 2.36. The lowest BCUT2D eigenvalue weighted by Gasteiger charge is -2.15. The summed E-state index contributed by atoms with van der Waals surface area (Å²) in [6, 6.07) is 5.84. The number of halogens is 1. The molecule has 0 amide bonds. The molecule has 0 spiro atoms. The van der Waals surface area contributed by atoms with Gasteiger partial charge in [0.25, 0.3) is 0 Å². The second-order valence-electron chi connectivity index (χ2n) is 3.92. The minimum Gasteiger partial charge on any atom is -0.494 e. The van der Waals surface area contributed by atoms with Crippen LogP contribution in [0.3, 0.4) is 0 Å². The summed E-state index contributed by atoms with van der Waals surface area (Å²) >= 11 is 5.14. The number of Topliss-reactive ketones (excluding diaryl/α,β-unsaturated/α-hetero) is 1. The first kappa shape index (κ1) is 13.0. The maximum absolute atomic E-state index is 11.7. The van der Waals surface area contributed by atoms with Gasteiger partial charge in [0.2, 0.25) is 0 Å². The van der Waals surface area contributed by atoms with Gasteiger partial charge in [0, 0.05) is 28.0 Å². The summed E-state index contributed by atoms with van der Waals surface area (Å²) in [5.74, 6) is 1.95. The van der Waals surface area contributed by atoms with E-state index < -0.39 is 0 Å². The third kappa shape index (κ3) is 3.49. The van der Waals surface area contributed by atoms with E-state index in [1.807, 2.05) is 18.2 Å². The average molecular weight is 315 g/mol. The van der Waals surface area contributed by atoms with E-state index in [1.165, 1.54) is 0 Å². The molecule has 1 aliphatic heterocycles. The molecule has 2 rings (SSSR count). The van der Waals surface area contributed by atoms with Gasteiger partial charge < -0.3 is 4.74 Å². The van der Waals surface area contributed by atoms with E-state index in [-0.39, 0.29) is 5.78 Å². The van der Waals surface area contributed by atoms with Crippen molar-refractivity contribution in [3.05, 3.63) is 23.8 Å². The van der Waals surface area contributed by atoms with Gasteiger partial charge in [0.15, 0.2) is 5.78 Å². The number of unbranched alkanes of at least 4 members (excludes halogenated alkanes) is 1. The Hall–Kier alpha value is -0.480. The standard InChI is InChI=1S/C13H15BrO2S/c14-6-1-2-7-16-10-3-4-13-11(9-10)12(15)5-8-17-13/h3-4,9H,1-2,5-8H2. The van der Waals surface area contributed by atoms with Gasteiger partial charge >= 0.3 is 0 Å². The van der Waals surface area contributed by atoms with E-state index in [9.17, 15) is 4.79 Å². The van der Waals surface area contributed by atoms with E-state index in [0.29, 0.717) is 13.0 Å². The zero-order chi connectivity index (χ0) is 12.1. The number of hydrogen-bond acceptors (Lipinski definition) is 3. The highest BCUT2D eigenvalue weighted by molar-refractivity contribution is 9.09. The predicted molar refractivity (Wildman–Crippen MR) is 74.6 cm³/mol. The van der Waals surface area contributed by atoms with Gasteiger partial charge in [-0.15, -0.1) is 11.8 Å². The monoisotopic (exact) mass is 314 g/mol. The number of carbonyl (C=O) groups is 1. The quantitative estimate of drug-likeness (QED) is 0.608. The summed E-state index contributed by atoms with van der Waals surface area (Å²) in [6.45, 7) is 0.714. The molecule has 0 radical (unpaired) electrons. The number of hydrogen-bond donors (Lipinski definition) is 0. The lowest BCUT2D eigenvalue weighted by molar-refractivity contribution is 0.0984. The summed E-state index contributed by atoms with van der Waals surface area (Å²) < 4.78 is 5.64. The minimum absolute atomic E-state index is 0.240. The molecule has 4 heteroatoms. The Balaban J connectivity index is 2.00. The Labute approximate surface area is 114 Å². The van der Waals surface area contributed by atoms with E-state index in [0.717, 1.165) is 40.1 Å². The molecule has 0 N–H and O–H groups in total. The highest BCUT2D eigenvalue weighted by Gasteiger charge is 2.17. The normalized spacial score (nSPS) is 14.5. The van der Waals surface area contributed by atoms with Crippen LogP contribution >= 0.6 is 27.7 Å². The lowest BCUT2D eigenvalue weighted by atomic mass is 10.1. The van der Waals surface area contributed by atoms with Gasteiger partial charge in [0.1, 0.15) is 5.75 Å². The number of alkyl halides is 1. The molecule has 0 aliphatic carbocycles. The highest BCUT2D eigenvalue weighted by atomic mass is 79.9. The van der Waals surface area contributed by atoms with Crippen molar-refractivity contribution in [1.29, 1.82) is 0 Å². The van der Waals surface area contributed by atoms with Crippen LogP contribution in [0, 0.1) is 0 Å². The summed E-state index contributed by atoms with van der Waals surface area (Å²) in [5.41, 5.74) is 0.833. The molecule has 17 heavy (non-hydrogen) atoms. The SMILES string of the molecule is O=C1CCSc2ccc(OCCCCBr)cc21. The molecule has 1 aliphatic rings. The molecule has 0 saturated heterocycles. The van der Waals surface area contributed by atoms with Gasteiger partial charge in [0.05, 0.1) is 6.61 Å². The van der Waals surface area contributed by atoms with Gasteiger partial charge in [-0.25, -0.2) is 0 Å². The van der Waals surface area contributed by atoms with Crippen molar-refractivity contribution >= 4 is 33.5 Å². The predicted octanol–water partition coefficient (Wildman–Crippen LogP) is 3.92. The van der Waals surface area contributed by atoms with Crippen LogP contribution < -0.4 is 4.74 Å². The minimum atomic E-state index is 0.240. The van der Waals surface area contributed by atoms with Crippen LogP contribution in [-0.2, 0) is 0 Å². The third-order valence-electron chi connectivity index (χ3n) is 2.63. The Morgan fingerprint density at radius 2 is 2.24 bits per heavy atom. The van der Waals surface area contributed by atoms with Crippen LogP contribution in [0.2, 0.25) is 0 Å². The van der Waals surface area contributed by atoms with Crippen LogP contribution in [0.1, 0.15) is 29.6 Å². The second kappa shape index (κ2) is 6.45. The molecule has 1 aromatic rings. The fourth-order valence-electron chi connectivity index (χ4n) is 1.72. The van der Waals surface area contributed by atoms with Crippen LogP contribution in [-0.4, -0.2) is 23.5 Å². The maximum atomic E-state index is 11.7. The molecule has 92 valence electrons. The van der Waals surface area contributed by atoms with Crippen LogP contribution in [0.15, 0.2) is 23.1 Å². The fraction of sp³-hybridized carbons (Fsp3) is 0.462. The van der Waals surface area contributed by atoms with Crippen molar-refractivity contribution in [3.63, 3.8) is 0 Å². The molecule has 0 unspecified atom stereocenters. The van der Waals surface area contributed by atoms with E-state index >= 15 is 0 Å².